The highest BCUT2D eigenvalue weighted by atomic mass is 19.1. The predicted octanol–water partition coefficient (Wildman–Crippen LogP) is 3.58. The van der Waals surface area contributed by atoms with Crippen LogP contribution in [-0.2, 0) is 17.9 Å². The van der Waals surface area contributed by atoms with E-state index in [4.69, 9.17) is 0 Å². The SMILES string of the molecule is Cc1ccc(NC(=O)c2ncn3c2C(=O)N(C2CC2)C(C)(C(=O)NCc2ccc(F)cc2)C3)cc1C. The molecule has 1 aliphatic heterocycles. The fourth-order valence-corrected chi connectivity index (χ4v) is 4.71. The van der Waals surface area contributed by atoms with E-state index >= 15 is 0 Å². The van der Waals surface area contributed by atoms with Crippen molar-refractivity contribution in [1.29, 1.82) is 0 Å². The molecule has 3 amide bonds. The van der Waals surface area contributed by atoms with Gasteiger partial charge in [0.15, 0.2) is 5.69 Å². The Kier molecular flexibility index (Phi) is 5.86. The molecule has 8 nitrogen and oxygen atoms in total. The predicted molar refractivity (Wildman–Crippen MR) is 132 cm³/mol. The Balaban J connectivity index is 1.40. The normalized spacial score (nSPS) is 19.1. The fourth-order valence-electron chi connectivity index (χ4n) is 4.71. The van der Waals surface area contributed by atoms with Gasteiger partial charge in [0.05, 0.1) is 12.9 Å². The van der Waals surface area contributed by atoms with Crippen molar-refractivity contribution in [3.8, 4) is 0 Å². The highest BCUT2D eigenvalue weighted by Gasteiger charge is 2.53. The van der Waals surface area contributed by atoms with Crippen LogP contribution in [0.25, 0.3) is 0 Å². The molecule has 36 heavy (non-hydrogen) atoms. The number of fused-ring (bicyclic) bond motifs is 1. The molecular formula is C27H28FN5O3. The maximum Gasteiger partial charge on any atom is 0.276 e. The second-order valence-electron chi connectivity index (χ2n) is 9.81. The van der Waals surface area contributed by atoms with Crippen LogP contribution in [0.4, 0.5) is 10.1 Å². The van der Waals surface area contributed by atoms with Crippen LogP contribution >= 0.6 is 0 Å². The van der Waals surface area contributed by atoms with Gasteiger partial charge in [-0.15, -0.1) is 0 Å². The molecule has 0 spiro atoms. The number of hydrogen-bond acceptors (Lipinski definition) is 4. The van der Waals surface area contributed by atoms with Crippen LogP contribution < -0.4 is 10.6 Å². The van der Waals surface area contributed by atoms with Gasteiger partial charge >= 0.3 is 0 Å². The summed E-state index contributed by atoms with van der Waals surface area (Å²) in [6, 6.07) is 11.4. The van der Waals surface area contributed by atoms with Gasteiger partial charge in [-0.05, 0) is 74.6 Å². The minimum absolute atomic E-state index is 0.0395. The third-order valence-corrected chi connectivity index (χ3v) is 7.02. The molecule has 1 aromatic heterocycles. The Morgan fingerprint density at radius 1 is 1.11 bits per heavy atom. The van der Waals surface area contributed by atoms with Gasteiger partial charge in [-0.3, -0.25) is 14.4 Å². The maximum atomic E-state index is 13.7. The second kappa shape index (κ2) is 8.89. The third-order valence-electron chi connectivity index (χ3n) is 7.02. The summed E-state index contributed by atoms with van der Waals surface area (Å²) in [6.45, 7) is 6.07. The van der Waals surface area contributed by atoms with Crippen molar-refractivity contribution >= 4 is 23.4 Å². The summed E-state index contributed by atoms with van der Waals surface area (Å²) < 4.78 is 14.8. The molecule has 1 fully saturated rings. The minimum Gasteiger partial charge on any atom is -0.350 e. The van der Waals surface area contributed by atoms with E-state index in [-0.39, 0.29) is 48.2 Å². The molecular weight excluding hydrogens is 461 g/mol. The van der Waals surface area contributed by atoms with Crippen molar-refractivity contribution in [1.82, 2.24) is 19.8 Å². The van der Waals surface area contributed by atoms with Crippen molar-refractivity contribution in [2.75, 3.05) is 5.32 Å². The Morgan fingerprint density at radius 2 is 1.83 bits per heavy atom. The molecule has 0 bridgehead atoms. The van der Waals surface area contributed by atoms with Gasteiger partial charge in [0, 0.05) is 18.3 Å². The van der Waals surface area contributed by atoms with E-state index in [1.807, 2.05) is 32.0 Å². The number of rotatable bonds is 6. The summed E-state index contributed by atoms with van der Waals surface area (Å²) in [6.07, 6.45) is 3.04. The van der Waals surface area contributed by atoms with E-state index in [1.165, 1.54) is 18.5 Å². The van der Waals surface area contributed by atoms with Crippen LogP contribution in [0.1, 0.15) is 57.4 Å². The van der Waals surface area contributed by atoms with Gasteiger partial charge < -0.3 is 20.1 Å². The number of nitrogens with zero attached hydrogens (tertiary/aromatic N) is 3. The molecule has 9 heteroatoms. The number of amides is 3. The number of aryl methyl sites for hydroxylation is 2. The lowest BCUT2D eigenvalue weighted by Crippen LogP contribution is -2.64. The zero-order valence-corrected chi connectivity index (χ0v) is 20.5. The van der Waals surface area contributed by atoms with Crippen molar-refractivity contribution in [3.63, 3.8) is 0 Å². The number of imidazole rings is 1. The summed E-state index contributed by atoms with van der Waals surface area (Å²) in [5, 5.41) is 5.73. The highest BCUT2D eigenvalue weighted by molar-refractivity contribution is 6.11. The van der Waals surface area contributed by atoms with E-state index in [1.54, 1.807) is 28.5 Å². The summed E-state index contributed by atoms with van der Waals surface area (Å²) in [5.74, 6) is -1.52. The molecule has 1 atom stereocenters. The van der Waals surface area contributed by atoms with Crippen LogP contribution in [0, 0.1) is 19.7 Å². The lowest BCUT2D eigenvalue weighted by Gasteiger charge is -2.44. The molecule has 3 aromatic rings. The first-order chi connectivity index (χ1) is 17.2. The molecule has 1 saturated carbocycles. The lowest BCUT2D eigenvalue weighted by molar-refractivity contribution is -0.133. The van der Waals surface area contributed by atoms with Gasteiger partial charge in [0.2, 0.25) is 5.91 Å². The number of aromatic nitrogens is 2. The van der Waals surface area contributed by atoms with Gasteiger partial charge in [0.1, 0.15) is 17.1 Å². The average Bonchev–Trinajstić information content (AvgIpc) is 3.58. The smallest absolute Gasteiger partial charge is 0.276 e. The average molecular weight is 490 g/mol. The van der Waals surface area contributed by atoms with Gasteiger partial charge in [0.25, 0.3) is 11.8 Å². The number of benzene rings is 2. The minimum atomic E-state index is -1.16. The molecule has 1 aliphatic carbocycles. The molecule has 2 aliphatic rings. The standard InChI is InChI=1S/C27H28FN5O3/c1-16-4-9-20(12-17(16)2)31-24(34)22-23-25(35)33(21-10-11-21)27(3,14-32(23)15-30-22)26(36)29-13-18-5-7-19(28)8-6-18/h4-9,12,15,21H,10-11,13-14H2,1-3H3,(H,29,36)(H,31,34). The summed E-state index contributed by atoms with van der Waals surface area (Å²) in [5.41, 5.74) is 2.59. The number of carbonyl (C=O) groups is 3. The monoisotopic (exact) mass is 489 g/mol. The molecule has 186 valence electrons. The first kappa shape index (κ1) is 23.7. The highest BCUT2D eigenvalue weighted by Crippen LogP contribution is 2.39. The van der Waals surface area contributed by atoms with Gasteiger partial charge in [-0.25, -0.2) is 9.37 Å². The lowest BCUT2D eigenvalue weighted by atomic mass is 9.93. The third kappa shape index (κ3) is 4.25. The zero-order chi connectivity index (χ0) is 25.6. The van der Waals surface area contributed by atoms with Crippen LogP contribution in [-0.4, -0.2) is 43.8 Å². The molecule has 2 heterocycles. The van der Waals surface area contributed by atoms with E-state index in [0.29, 0.717) is 5.69 Å². The first-order valence-electron chi connectivity index (χ1n) is 12.0. The Labute approximate surface area is 208 Å². The van der Waals surface area contributed by atoms with Crippen molar-refractivity contribution in [3.05, 3.63) is 82.7 Å². The van der Waals surface area contributed by atoms with E-state index in [2.05, 4.69) is 15.6 Å². The van der Waals surface area contributed by atoms with Crippen LogP contribution in [0.5, 0.6) is 0 Å². The van der Waals surface area contributed by atoms with Crippen molar-refractivity contribution in [2.45, 2.75) is 58.3 Å². The van der Waals surface area contributed by atoms with Crippen molar-refractivity contribution in [2.24, 2.45) is 0 Å². The maximum absolute atomic E-state index is 13.7. The molecule has 2 N–H and O–H groups in total. The molecule has 5 rings (SSSR count). The number of anilines is 1. The Bertz CT molecular complexity index is 1360. The summed E-state index contributed by atoms with van der Waals surface area (Å²) >= 11 is 0. The first-order valence-corrected chi connectivity index (χ1v) is 12.0. The number of nitrogens with one attached hydrogen (secondary N) is 2. The van der Waals surface area contributed by atoms with E-state index < -0.39 is 11.4 Å². The molecule has 0 saturated heterocycles. The van der Waals surface area contributed by atoms with Crippen LogP contribution in [0.3, 0.4) is 0 Å². The topological polar surface area (TPSA) is 96.3 Å². The van der Waals surface area contributed by atoms with E-state index in [9.17, 15) is 18.8 Å². The van der Waals surface area contributed by atoms with Gasteiger partial charge in [-0.1, -0.05) is 18.2 Å². The Morgan fingerprint density at radius 3 is 2.50 bits per heavy atom. The number of carbonyl (C=O) groups excluding carboxylic acids is 3. The summed E-state index contributed by atoms with van der Waals surface area (Å²) in [4.78, 5) is 46.1. The van der Waals surface area contributed by atoms with E-state index in [0.717, 1.165) is 29.5 Å². The molecule has 1 unspecified atom stereocenters. The quantitative estimate of drug-likeness (QED) is 0.553. The van der Waals surface area contributed by atoms with Crippen LogP contribution in [0.2, 0.25) is 0 Å². The second-order valence-corrected chi connectivity index (χ2v) is 9.81. The zero-order valence-electron chi connectivity index (χ0n) is 20.5. The largest absolute Gasteiger partial charge is 0.350 e. The fraction of sp³-hybridized carbons (Fsp3) is 0.333. The Hall–Kier alpha value is -4.01. The summed E-state index contributed by atoms with van der Waals surface area (Å²) in [7, 11) is 0. The number of hydrogen-bond donors (Lipinski definition) is 2. The molecule has 0 radical (unpaired) electrons. The van der Waals surface area contributed by atoms with Crippen LogP contribution in [0.15, 0.2) is 48.8 Å². The molecule has 2 aromatic carbocycles. The van der Waals surface area contributed by atoms with Gasteiger partial charge in [-0.2, -0.15) is 0 Å². The number of halogens is 1. The van der Waals surface area contributed by atoms with Crippen molar-refractivity contribution < 1.29 is 18.8 Å².